The van der Waals surface area contributed by atoms with Gasteiger partial charge < -0.3 is 14.8 Å². The summed E-state index contributed by atoms with van der Waals surface area (Å²) in [5, 5.41) is 3.16. The van der Waals surface area contributed by atoms with E-state index in [1.807, 2.05) is 6.07 Å². The van der Waals surface area contributed by atoms with E-state index in [0.717, 1.165) is 17.2 Å². The van der Waals surface area contributed by atoms with Crippen LogP contribution in [0.25, 0.3) is 11.1 Å². The topological polar surface area (TPSA) is 60.5 Å². The van der Waals surface area contributed by atoms with E-state index >= 15 is 0 Å². The molecule has 0 aliphatic heterocycles. The number of carbonyl (C=O) groups excluding carboxylic acids is 1. The number of halogens is 5. The van der Waals surface area contributed by atoms with Crippen molar-refractivity contribution in [3.63, 3.8) is 0 Å². The number of rotatable bonds is 7. The van der Waals surface area contributed by atoms with Crippen molar-refractivity contribution in [2.45, 2.75) is 12.9 Å². The van der Waals surface area contributed by atoms with Gasteiger partial charge in [-0.15, -0.1) is 13.2 Å². The van der Waals surface area contributed by atoms with Crippen molar-refractivity contribution in [2.24, 2.45) is 0 Å². The molecule has 36 heavy (non-hydrogen) atoms. The van der Waals surface area contributed by atoms with Crippen LogP contribution < -0.4 is 14.8 Å². The maximum absolute atomic E-state index is 13.1. The Balaban J connectivity index is 1.38. The van der Waals surface area contributed by atoms with Crippen LogP contribution in [0.4, 0.5) is 17.6 Å². The lowest BCUT2D eigenvalue weighted by Gasteiger charge is -2.13. The Morgan fingerprint density at radius 3 is 2.25 bits per heavy atom. The third kappa shape index (κ3) is 6.51. The van der Waals surface area contributed by atoms with Crippen molar-refractivity contribution in [2.75, 3.05) is 0 Å². The van der Waals surface area contributed by atoms with Crippen LogP contribution in [0.15, 0.2) is 85.1 Å². The van der Waals surface area contributed by atoms with Crippen LogP contribution in [0.5, 0.6) is 17.4 Å². The molecule has 1 N–H and O–H groups in total. The monoisotopic (exact) mass is 516 g/mol. The van der Waals surface area contributed by atoms with Gasteiger partial charge in [-0.1, -0.05) is 48.0 Å². The molecule has 10 heteroatoms. The van der Waals surface area contributed by atoms with Crippen molar-refractivity contribution in [1.82, 2.24) is 10.3 Å². The van der Waals surface area contributed by atoms with Gasteiger partial charge in [-0.05, 0) is 53.1 Å². The normalized spacial score (nSPS) is 11.1. The summed E-state index contributed by atoms with van der Waals surface area (Å²) in [6.45, 7) is 0.141. The first-order chi connectivity index (χ1) is 17.2. The Morgan fingerprint density at radius 1 is 0.917 bits per heavy atom. The predicted octanol–water partition coefficient (Wildman–Crippen LogP) is 7.16. The molecule has 1 aromatic heterocycles. The number of pyridine rings is 1. The molecule has 3 aromatic carbocycles. The molecule has 1 amide bonds. The zero-order valence-electron chi connectivity index (χ0n) is 18.4. The van der Waals surface area contributed by atoms with E-state index in [1.165, 1.54) is 48.7 Å². The minimum atomic E-state index is -4.88. The van der Waals surface area contributed by atoms with Crippen LogP contribution in [0, 0.1) is 5.82 Å². The number of amides is 1. The molecule has 4 rings (SSSR count). The van der Waals surface area contributed by atoms with Crippen LogP contribution in [0.2, 0.25) is 5.02 Å². The third-order valence-corrected chi connectivity index (χ3v) is 5.31. The van der Waals surface area contributed by atoms with E-state index in [4.69, 9.17) is 16.3 Å². The molecule has 4 aromatic rings. The molecule has 0 atom stereocenters. The number of alkyl halides is 3. The number of ether oxygens (including phenoxy) is 2. The largest absolute Gasteiger partial charge is 0.573 e. The number of benzene rings is 3. The highest BCUT2D eigenvalue weighted by Gasteiger charge is 2.32. The SMILES string of the molecule is O=C(NCc1ccc(-c2ccc(F)cc2)cc1Cl)c1ccc(Oc2ccccc2OC(F)(F)F)nc1. The standard InChI is InChI=1S/C26H17ClF4N2O3/c27-21-13-17(16-7-10-20(28)11-8-16)5-6-18(21)14-33-25(34)19-9-12-24(32-15-19)35-22-3-1-2-4-23(22)36-26(29,30)31/h1-13,15H,14H2,(H,33,34). The van der Waals surface area contributed by atoms with Crippen molar-refractivity contribution < 1.29 is 31.8 Å². The minimum Gasteiger partial charge on any atom is -0.435 e. The first-order valence-corrected chi connectivity index (χ1v) is 10.9. The first kappa shape index (κ1) is 25.0. The fourth-order valence-corrected chi connectivity index (χ4v) is 3.47. The van der Waals surface area contributed by atoms with Gasteiger partial charge in [0.15, 0.2) is 11.5 Å². The summed E-state index contributed by atoms with van der Waals surface area (Å²) in [6, 6.07) is 19.3. The second kappa shape index (κ2) is 10.7. The minimum absolute atomic E-state index is 0.0239. The fourth-order valence-electron chi connectivity index (χ4n) is 3.22. The zero-order valence-corrected chi connectivity index (χ0v) is 19.1. The van der Waals surface area contributed by atoms with E-state index in [2.05, 4.69) is 15.0 Å². The quantitative estimate of drug-likeness (QED) is 0.265. The lowest BCUT2D eigenvalue weighted by molar-refractivity contribution is -0.275. The molecule has 0 spiro atoms. The fraction of sp³-hybridized carbons (Fsp3) is 0.0769. The average molecular weight is 517 g/mol. The molecule has 0 aliphatic carbocycles. The lowest BCUT2D eigenvalue weighted by atomic mass is 10.0. The Kier molecular flexibility index (Phi) is 7.40. The van der Waals surface area contributed by atoms with Crippen molar-refractivity contribution in [3.8, 4) is 28.5 Å². The molecule has 184 valence electrons. The van der Waals surface area contributed by atoms with Gasteiger partial charge in [0.2, 0.25) is 5.88 Å². The third-order valence-electron chi connectivity index (χ3n) is 4.96. The molecule has 0 bridgehead atoms. The highest BCUT2D eigenvalue weighted by atomic mass is 35.5. The van der Waals surface area contributed by atoms with E-state index in [-0.39, 0.29) is 29.6 Å². The Bertz CT molecular complexity index is 1360. The highest BCUT2D eigenvalue weighted by molar-refractivity contribution is 6.31. The average Bonchev–Trinajstić information content (AvgIpc) is 2.84. The van der Waals surface area contributed by atoms with Gasteiger partial charge in [0.1, 0.15) is 5.82 Å². The van der Waals surface area contributed by atoms with E-state index in [0.29, 0.717) is 10.6 Å². The van der Waals surface area contributed by atoms with Gasteiger partial charge >= 0.3 is 6.36 Å². The Morgan fingerprint density at radius 2 is 1.61 bits per heavy atom. The summed E-state index contributed by atoms with van der Waals surface area (Å²) in [5.74, 6) is -1.49. The molecule has 0 radical (unpaired) electrons. The maximum Gasteiger partial charge on any atom is 0.573 e. The molecule has 1 heterocycles. The molecular weight excluding hydrogens is 500 g/mol. The smallest absolute Gasteiger partial charge is 0.435 e. The number of hydrogen-bond acceptors (Lipinski definition) is 4. The number of aromatic nitrogens is 1. The van der Waals surface area contributed by atoms with Gasteiger partial charge in [-0.25, -0.2) is 9.37 Å². The van der Waals surface area contributed by atoms with Gasteiger partial charge in [0, 0.05) is 23.8 Å². The molecule has 0 saturated heterocycles. The lowest BCUT2D eigenvalue weighted by Crippen LogP contribution is -2.23. The summed E-state index contributed by atoms with van der Waals surface area (Å²) in [7, 11) is 0. The highest BCUT2D eigenvalue weighted by Crippen LogP contribution is 2.34. The molecule has 0 aliphatic rings. The molecule has 0 unspecified atom stereocenters. The second-order valence-corrected chi connectivity index (χ2v) is 7.88. The van der Waals surface area contributed by atoms with Crippen molar-refractivity contribution in [3.05, 3.63) is 107 Å². The first-order valence-electron chi connectivity index (χ1n) is 10.5. The van der Waals surface area contributed by atoms with Crippen LogP contribution >= 0.6 is 11.6 Å². The molecule has 0 fully saturated rings. The van der Waals surface area contributed by atoms with Crippen molar-refractivity contribution in [1.29, 1.82) is 0 Å². The number of nitrogens with zero attached hydrogens (tertiary/aromatic N) is 1. The van der Waals surface area contributed by atoms with Crippen LogP contribution in [0.1, 0.15) is 15.9 Å². The van der Waals surface area contributed by atoms with Crippen molar-refractivity contribution >= 4 is 17.5 Å². The van der Waals surface area contributed by atoms with E-state index in [9.17, 15) is 22.4 Å². The number of para-hydroxylation sites is 2. The molecular formula is C26H17ClF4N2O3. The molecule has 0 saturated carbocycles. The summed E-state index contributed by atoms with van der Waals surface area (Å²) in [6.07, 6.45) is -3.64. The van der Waals surface area contributed by atoms with Gasteiger partial charge in [0.05, 0.1) is 5.56 Å². The van der Waals surface area contributed by atoms with E-state index in [1.54, 1.807) is 24.3 Å². The second-order valence-electron chi connectivity index (χ2n) is 7.48. The number of carbonyl (C=O) groups is 1. The summed E-state index contributed by atoms with van der Waals surface area (Å²) >= 11 is 6.36. The summed E-state index contributed by atoms with van der Waals surface area (Å²) in [4.78, 5) is 16.5. The Labute approximate surface area is 208 Å². The van der Waals surface area contributed by atoms with E-state index < -0.39 is 18.0 Å². The van der Waals surface area contributed by atoms with Gasteiger partial charge in [-0.2, -0.15) is 0 Å². The number of hydrogen-bond donors (Lipinski definition) is 1. The van der Waals surface area contributed by atoms with Gasteiger partial charge in [-0.3, -0.25) is 4.79 Å². The van der Waals surface area contributed by atoms with Gasteiger partial charge in [0.25, 0.3) is 5.91 Å². The predicted molar refractivity (Wildman–Crippen MR) is 125 cm³/mol. The van der Waals surface area contributed by atoms with Crippen LogP contribution in [-0.2, 0) is 6.54 Å². The zero-order chi connectivity index (χ0) is 25.7. The molecule has 5 nitrogen and oxygen atoms in total. The Hall–Kier alpha value is -4.11. The van der Waals surface area contributed by atoms with Crippen LogP contribution in [-0.4, -0.2) is 17.3 Å². The number of nitrogens with one attached hydrogen (secondary N) is 1. The summed E-state index contributed by atoms with van der Waals surface area (Å²) in [5.41, 5.74) is 2.48. The van der Waals surface area contributed by atoms with Crippen LogP contribution in [0.3, 0.4) is 0 Å². The maximum atomic E-state index is 13.1. The summed E-state index contributed by atoms with van der Waals surface area (Å²) < 4.78 is 60.2.